The van der Waals surface area contributed by atoms with Crippen molar-refractivity contribution in [1.82, 2.24) is 4.57 Å². The highest BCUT2D eigenvalue weighted by atomic mass is 16.3. The first-order chi connectivity index (χ1) is 11.7. The predicted molar refractivity (Wildman–Crippen MR) is 92.4 cm³/mol. The Balaban J connectivity index is 2.10. The van der Waals surface area contributed by atoms with Crippen molar-refractivity contribution in [3.8, 4) is 11.3 Å². The summed E-state index contributed by atoms with van der Waals surface area (Å²) < 4.78 is 1.66. The van der Waals surface area contributed by atoms with Crippen molar-refractivity contribution in [2.45, 2.75) is 0 Å². The van der Waals surface area contributed by atoms with Crippen LogP contribution in [0.25, 0.3) is 27.9 Å². The Morgan fingerprint density at radius 3 is 2.25 bits per heavy atom. The van der Waals surface area contributed by atoms with Crippen LogP contribution in [0.4, 0.5) is 0 Å². The molecule has 0 aliphatic heterocycles. The van der Waals surface area contributed by atoms with E-state index in [-0.39, 0.29) is 5.70 Å². The van der Waals surface area contributed by atoms with Gasteiger partial charge in [-0.25, -0.2) is 0 Å². The number of aromatic nitrogens is 1. The summed E-state index contributed by atoms with van der Waals surface area (Å²) in [5.74, 6) is -1.49. The van der Waals surface area contributed by atoms with Crippen LogP contribution in [0.1, 0.15) is 0 Å². The highest BCUT2D eigenvalue weighted by Gasteiger charge is 2.27. The number of carbonyl (C=O) groups is 2. The fourth-order valence-electron chi connectivity index (χ4n) is 2.98. The highest BCUT2D eigenvalue weighted by molar-refractivity contribution is 6.32. The lowest BCUT2D eigenvalue weighted by Gasteiger charge is -2.16. The van der Waals surface area contributed by atoms with Gasteiger partial charge in [-0.3, -0.25) is 9.59 Å². The number of para-hydroxylation sites is 1. The van der Waals surface area contributed by atoms with E-state index < -0.39 is 17.3 Å². The quantitative estimate of drug-likeness (QED) is 0.733. The van der Waals surface area contributed by atoms with Gasteiger partial charge in [0.15, 0.2) is 5.76 Å². The van der Waals surface area contributed by atoms with Gasteiger partial charge in [0, 0.05) is 5.39 Å². The number of aliphatic hydroxyl groups excluding tert-OH is 1. The van der Waals surface area contributed by atoms with Gasteiger partial charge in [-0.2, -0.15) is 0 Å². The Kier molecular flexibility index (Phi) is 3.17. The van der Waals surface area contributed by atoms with E-state index in [1.165, 1.54) is 6.08 Å². The summed E-state index contributed by atoms with van der Waals surface area (Å²) in [5.41, 5.74) is 2.38. The van der Waals surface area contributed by atoms with Crippen LogP contribution in [0.3, 0.4) is 0 Å². The number of rotatable bonds is 2. The second-order valence-corrected chi connectivity index (χ2v) is 5.55. The zero-order valence-electron chi connectivity index (χ0n) is 12.6. The fraction of sp³-hybridized carbons (Fsp3) is 0. The smallest absolute Gasteiger partial charge is 0.222 e. The number of aliphatic hydroxyl groups is 1. The molecule has 0 saturated heterocycles. The average Bonchev–Trinajstić information content (AvgIpc) is 2.99. The molecule has 0 bridgehead atoms. The molecule has 0 saturated carbocycles. The van der Waals surface area contributed by atoms with E-state index in [9.17, 15) is 14.7 Å². The summed E-state index contributed by atoms with van der Waals surface area (Å²) in [5, 5.41) is 11.2. The minimum atomic E-state index is -0.568. The zero-order valence-corrected chi connectivity index (χ0v) is 12.6. The summed E-state index contributed by atoms with van der Waals surface area (Å²) >= 11 is 0. The number of hydrogen-bond acceptors (Lipinski definition) is 3. The van der Waals surface area contributed by atoms with Crippen molar-refractivity contribution < 1.29 is 14.7 Å². The molecule has 24 heavy (non-hydrogen) atoms. The Morgan fingerprint density at radius 1 is 0.792 bits per heavy atom. The first kappa shape index (κ1) is 14.2. The minimum absolute atomic E-state index is 0.0115. The Hall–Kier alpha value is -3.40. The van der Waals surface area contributed by atoms with E-state index in [0.717, 1.165) is 28.2 Å². The number of fused-ring (bicyclic) bond motifs is 1. The molecule has 1 heterocycles. The van der Waals surface area contributed by atoms with Gasteiger partial charge in [0.25, 0.3) is 0 Å². The lowest BCUT2D eigenvalue weighted by molar-refractivity contribution is -0.116. The normalized spacial score (nSPS) is 14.7. The molecular formula is C20H13NO3. The van der Waals surface area contributed by atoms with Crippen molar-refractivity contribution in [2.24, 2.45) is 0 Å². The molecule has 4 nitrogen and oxygen atoms in total. The highest BCUT2D eigenvalue weighted by Crippen LogP contribution is 2.33. The monoisotopic (exact) mass is 315 g/mol. The molecule has 0 unspecified atom stereocenters. The molecule has 1 aromatic heterocycles. The molecule has 2 aromatic carbocycles. The molecule has 0 radical (unpaired) electrons. The van der Waals surface area contributed by atoms with Gasteiger partial charge < -0.3 is 9.67 Å². The van der Waals surface area contributed by atoms with Crippen LogP contribution in [-0.4, -0.2) is 21.2 Å². The maximum absolute atomic E-state index is 12.4. The van der Waals surface area contributed by atoms with E-state index in [1.807, 2.05) is 60.7 Å². The third-order valence-electron chi connectivity index (χ3n) is 4.08. The number of carbonyl (C=O) groups excluding carboxylic acids is 2. The molecule has 0 spiro atoms. The van der Waals surface area contributed by atoms with Crippen LogP contribution in [-0.2, 0) is 9.59 Å². The van der Waals surface area contributed by atoms with Gasteiger partial charge in [0.05, 0.1) is 11.2 Å². The number of nitrogens with zero attached hydrogens (tertiary/aromatic N) is 1. The fourth-order valence-corrected chi connectivity index (χ4v) is 2.98. The van der Waals surface area contributed by atoms with Crippen LogP contribution in [0.5, 0.6) is 0 Å². The third-order valence-corrected chi connectivity index (χ3v) is 4.08. The molecule has 1 aliphatic carbocycles. The summed E-state index contributed by atoms with van der Waals surface area (Å²) in [6, 6.07) is 19.1. The third kappa shape index (κ3) is 2.08. The van der Waals surface area contributed by atoms with E-state index >= 15 is 0 Å². The van der Waals surface area contributed by atoms with Crippen molar-refractivity contribution >= 4 is 28.2 Å². The van der Waals surface area contributed by atoms with Crippen molar-refractivity contribution in [3.05, 3.63) is 78.6 Å². The van der Waals surface area contributed by atoms with E-state index in [2.05, 4.69) is 0 Å². The molecule has 4 rings (SSSR count). The molecule has 1 N–H and O–H groups in total. The standard InChI is InChI=1S/C20H13NO3/c22-17-10-11-18(23)20(24)19(17)21-15-9-5-4-8-14(15)12-16(21)13-6-2-1-3-7-13/h1-12,24H. The average molecular weight is 315 g/mol. The van der Waals surface area contributed by atoms with E-state index in [0.29, 0.717) is 0 Å². The number of hydrogen-bond donors (Lipinski definition) is 1. The van der Waals surface area contributed by atoms with Crippen molar-refractivity contribution in [3.63, 3.8) is 0 Å². The van der Waals surface area contributed by atoms with Crippen LogP contribution >= 0.6 is 0 Å². The number of ketones is 2. The molecule has 116 valence electrons. The van der Waals surface area contributed by atoms with Gasteiger partial charge in [-0.15, -0.1) is 0 Å². The molecule has 4 heteroatoms. The molecule has 1 aliphatic rings. The SMILES string of the molecule is O=C1C=CC(=O)C(n2c(-c3ccccc3)cc3ccccc32)=C1O. The molecular weight excluding hydrogens is 302 g/mol. The summed E-state index contributed by atoms with van der Waals surface area (Å²) in [7, 11) is 0. The van der Waals surface area contributed by atoms with Crippen LogP contribution < -0.4 is 0 Å². The van der Waals surface area contributed by atoms with Crippen molar-refractivity contribution in [1.29, 1.82) is 0 Å². The first-order valence-electron chi connectivity index (χ1n) is 7.53. The second kappa shape index (κ2) is 5.35. The van der Waals surface area contributed by atoms with Gasteiger partial charge in [0.1, 0.15) is 5.70 Å². The Bertz CT molecular complexity index is 1040. The minimum Gasteiger partial charge on any atom is -0.503 e. The first-order valence-corrected chi connectivity index (χ1v) is 7.53. The summed E-state index contributed by atoms with van der Waals surface area (Å²) in [4.78, 5) is 24.3. The van der Waals surface area contributed by atoms with Crippen LogP contribution in [0.15, 0.2) is 78.6 Å². The lowest BCUT2D eigenvalue weighted by atomic mass is 10.1. The second-order valence-electron chi connectivity index (χ2n) is 5.55. The maximum Gasteiger partial charge on any atom is 0.222 e. The largest absolute Gasteiger partial charge is 0.503 e. The number of benzene rings is 2. The Morgan fingerprint density at radius 2 is 1.46 bits per heavy atom. The molecule has 0 amide bonds. The lowest BCUT2D eigenvalue weighted by Crippen LogP contribution is -2.18. The van der Waals surface area contributed by atoms with Crippen LogP contribution in [0, 0.1) is 0 Å². The van der Waals surface area contributed by atoms with Crippen molar-refractivity contribution in [2.75, 3.05) is 0 Å². The topological polar surface area (TPSA) is 59.3 Å². The van der Waals surface area contributed by atoms with Gasteiger partial charge >= 0.3 is 0 Å². The van der Waals surface area contributed by atoms with Gasteiger partial charge in [-0.05, 0) is 29.8 Å². The van der Waals surface area contributed by atoms with Gasteiger partial charge in [0.2, 0.25) is 11.6 Å². The molecule has 3 aromatic rings. The van der Waals surface area contributed by atoms with E-state index in [4.69, 9.17) is 0 Å². The zero-order chi connectivity index (χ0) is 16.7. The van der Waals surface area contributed by atoms with Crippen LogP contribution in [0.2, 0.25) is 0 Å². The number of allylic oxidation sites excluding steroid dienone is 3. The summed E-state index contributed by atoms with van der Waals surface area (Å²) in [6.07, 6.45) is 2.29. The maximum atomic E-state index is 12.4. The summed E-state index contributed by atoms with van der Waals surface area (Å²) in [6.45, 7) is 0. The van der Waals surface area contributed by atoms with E-state index in [1.54, 1.807) is 4.57 Å². The predicted octanol–water partition coefficient (Wildman–Crippen LogP) is 3.74. The Labute approximate surface area is 138 Å². The van der Waals surface area contributed by atoms with Gasteiger partial charge in [-0.1, -0.05) is 48.5 Å². The molecule has 0 fully saturated rings. The molecule has 0 atom stereocenters.